The lowest BCUT2D eigenvalue weighted by molar-refractivity contribution is -0.129. The van der Waals surface area contributed by atoms with E-state index in [4.69, 9.17) is 4.74 Å². The van der Waals surface area contributed by atoms with E-state index >= 15 is 0 Å². The highest BCUT2D eigenvalue weighted by molar-refractivity contribution is 7.96. The summed E-state index contributed by atoms with van der Waals surface area (Å²) in [5, 5.41) is 3.69. The number of likely N-dealkylation sites (tertiary alicyclic amines) is 2. The number of rotatable bonds is 5. The van der Waals surface area contributed by atoms with Gasteiger partial charge in [0.1, 0.15) is 28.8 Å². The number of ether oxygens (including phenoxy) is 1. The zero-order valence-corrected chi connectivity index (χ0v) is 22.8. The summed E-state index contributed by atoms with van der Waals surface area (Å²) < 4.78 is 5.60. The Morgan fingerprint density at radius 2 is 1.27 bits per heavy atom. The molecule has 0 aliphatic carbocycles. The van der Waals surface area contributed by atoms with Gasteiger partial charge in [-0.15, -0.1) is 0 Å². The molecule has 0 bridgehead atoms. The van der Waals surface area contributed by atoms with Gasteiger partial charge in [0.2, 0.25) is 0 Å². The fourth-order valence-electron chi connectivity index (χ4n) is 5.87. The fraction of sp³-hybridized carbons (Fsp3) is 0.355. The predicted octanol–water partition coefficient (Wildman–Crippen LogP) is 4.59. The highest BCUT2D eigenvalue weighted by Crippen LogP contribution is 2.62. The molecule has 2 unspecified atom stereocenters. The average molecular weight is 516 g/mol. The largest absolute Gasteiger partial charge is 0.444 e. The molecule has 0 N–H and O–H groups in total. The molecule has 2 aliphatic rings. The van der Waals surface area contributed by atoms with Crippen molar-refractivity contribution in [3.8, 4) is 0 Å². The number of nitrogens with zero attached hydrogens (tertiary/aromatic N) is 2. The van der Waals surface area contributed by atoms with Crippen molar-refractivity contribution in [3.05, 3.63) is 91.0 Å². The Bertz CT molecular complexity index is 1130. The summed E-state index contributed by atoms with van der Waals surface area (Å²) in [6.45, 7) is 7.50. The van der Waals surface area contributed by atoms with Crippen LogP contribution >= 0.6 is 7.26 Å². The van der Waals surface area contributed by atoms with E-state index in [1.807, 2.05) is 39.0 Å². The second-order valence-electron chi connectivity index (χ2n) is 10.9. The molecule has 3 aromatic rings. The van der Waals surface area contributed by atoms with Gasteiger partial charge in [0.05, 0.1) is 6.04 Å². The zero-order valence-electron chi connectivity index (χ0n) is 21.9. The van der Waals surface area contributed by atoms with Crippen LogP contribution in [0.2, 0.25) is 0 Å². The number of benzene rings is 3. The molecule has 2 amide bonds. The van der Waals surface area contributed by atoms with Crippen LogP contribution in [-0.2, 0) is 9.53 Å². The van der Waals surface area contributed by atoms with E-state index in [2.05, 4.69) is 77.7 Å². The molecule has 2 atom stereocenters. The molecule has 2 aliphatic heterocycles. The van der Waals surface area contributed by atoms with Crippen LogP contribution in [-0.4, -0.2) is 58.7 Å². The number of carbonyl (C=O) groups is 2. The third-order valence-electron chi connectivity index (χ3n) is 7.43. The van der Waals surface area contributed by atoms with Crippen LogP contribution in [0.4, 0.5) is 4.79 Å². The normalized spacial score (nSPS) is 20.4. The first-order valence-corrected chi connectivity index (χ1v) is 15.0. The van der Waals surface area contributed by atoms with E-state index < -0.39 is 12.9 Å². The number of hydrogen-bond acceptors (Lipinski definition) is 3. The van der Waals surface area contributed by atoms with Crippen LogP contribution in [0, 0.1) is 0 Å². The van der Waals surface area contributed by atoms with Gasteiger partial charge in [-0.3, -0.25) is 4.79 Å². The van der Waals surface area contributed by atoms with Gasteiger partial charge in [-0.25, -0.2) is 4.79 Å². The molecule has 0 saturated carbocycles. The summed E-state index contributed by atoms with van der Waals surface area (Å²) in [6.07, 6.45) is 1.29. The van der Waals surface area contributed by atoms with Crippen molar-refractivity contribution in [3.63, 3.8) is 0 Å². The molecule has 192 valence electrons. The van der Waals surface area contributed by atoms with Crippen molar-refractivity contribution in [1.82, 2.24) is 9.80 Å². The van der Waals surface area contributed by atoms with Crippen molar-refractivity contribution < 1.29 is 14.3 Å². The van der Waals surface area contributed by atoms with Crippen molar-refractivity contribution in [1.29, 1.82) is 0 Å². The Morgan fingerprint density at radius 1 is 0.784 bits per heavy atom. The lowest BCUT2D eigenvalue weighted by Gasteiger charge is -2.32. The van der Waals surface area contributed by atoms with Crippen molar-refractivity contribution in [2.75, 3.05) is 19.6 Å². The van der Waals surface area contributed by atoms with Gasteiger partial charge in [0, 0.05) is 26.1 Å². The SMILES string of the molecule is CC(C)(C)OC(=O)N1CCC(N2CCC([P+](c3ccccc3)(c3ccccc3)c3ccccc3)C2=O)C1. The maximum atomic E-state index is 14.4. The standard InChI is InChI=1S/C31H36N2O3P/c1-31(2,3)36-30(35)32-21-19-24(23-32)33-22-20-28(29(33)34)37(25-13-7-4-8-14-25,26-15-9-5-10-16-26)27-17-11-6-12-18-27/h4-18,24,28H,19-23H2,1-3H3/q+1. The monoisotopic (exact) mass is 515 g/mol. The van der Waals surface area contributed by atoms with Gasteiger partial charge in [-0.05, 0) is 63.6 Å². The van der Waals surface area contributed by atoms with Crippen molar-refractivity contribution in [2.24, 2.45) is 0 Å². The molecular formula is C31H36N2O3P+. The van der Waals surface area contributed by atoms with E-state index in [1.165, 1.54) is 15.9 Å². The summed E-state index contributed by atoms with van der Waals surface area (Å²) in [5.41, 5.74) is -0.676. The second-order valence-corrected chi connectivity index (χ2v) is 14.6. The minimum atomic E-state index is -2.29. The minimum Gasteiger partial charge on any atom is -0.444 e. The molecule has 2 saturated heterocycles. The van der Waals surface area contributed by atoms with Gasteiger partial charge < -0.3 is 14.5 Å². The topological polar surface area (TPSA) is 49.9 Å². The quantitative estimate of drug-likeness (QED) is 0.467. The molecule has 3 aromatic carbocycles. The average Bonchev–Trinajstić information content (AvgIpc) is 3.53. The van der Waals surface area contributed by atoms with Crippen LogP contribution in [0.15, 0.2) is 91.0 Å². The summed E-state index contributed by atoms with van der Waals surface area (Å²) in [5.74, 6) is 0.209. The first-order chi connectivity index (χ1) is 17.8. The molecule has 0 radical (unpaired) electrons. The lowest BCUT2D eigenvalue weighted by Crippen LogP contribution is -2.46. The van der Waals surface area contributed by atoms with Crippen LogP contribution in [0.1, 0.15) is 33.6 Å². The maximum absolute atomic E-state index is 14.4. The highest BCUT2D eigenvalue weighted by atomic mass is 31.2. The third kappa shape index (κ3) is 4.90. The van der Waals surface area contributed by atoms with E-state index in [1.54, 1.807) is 4.90 Å². The van der Waals surface area contributed by atoms with Gasteiger partial charge >= 0.3 is 6.09 Å². The molecule has 5 rings (SSSR count). The summed E-state index contributed by atoms with van der Waals surface area (Å²) in [7, 11) is -2.29. The first-order valence-electron chi connectivity index (χ1n) is 13.1. The number of carbonyl (C=O) groups excluding carboxylic acids is 2. The number of amides is 2. The minimum absolute atomic E-state index is 0.0224. The van der Waals surface area contributed by atoms with Crippen molar-refractivity contribution in [2.45, 2.75) is 50.9 Å². The Morgan fingerprint density at radius 3 is 1.73 bits per heavy atom. The third-order valence-corrected chi connectivity index (χ3v) is 12.2. The fourth-order valence-corrected chi connectivity index (χ4v) is 10.8. The van der Waals surface area contributed by atoms with E-state index in [0.717, 1.165) is 12.8 Å². The van der Waals surface area contributed by atoms with Gasteiger partial charge in [0.15, 0.2) is 5.66 Å². The Kier molecular flexibility index (Phi) is 7.09. The molecule has 2 fully saturated rings. The summed E-state index contributed by atoms with van der Waals surface area (Å²) in [4.78, 5) is 30.9. The zero-order chi connectivity index (χ0) is 26.0. The molecule has 6 heteroatoms. The molecule has 2 heterocycles. The molecule has 5 nitrogen and oxygen atoms in total. The van der Waals surface area contributed by atoms with E-state index in [0.29, 0.717) is 19.6 Å². The Labute approximate surface area is 220 Å². The van der Waals surface area contributed by atoms with E-state index in [-0.39, 0.29) is 23.7 Å². The molecule has 0 aromatic heterocycles. The van der Waals surface area contributed by atoms with Gasteiger partial charge in [0.25, 0.3) is 5.91 Å². The van der Waals surface area contributed by atoms with Crippen LogP contribution in [0.5, 0.6) is 0 Å². The molecular weight excluding hydrogens is 479 g/mol. The molecule has 0 spiro atoms. The Hall–Kier alpha value is -3.17. The van der Waals surface area contributed by atoms with Crippen molar-refractivity contribution >= 4 is 35.2 Å². The lowest BCUT2D eigenvalue weighted by atomic mass is 10.2. The van der Waals surface area contributed by atoms with Gasteiger partial charge in [-0.2, -0.15) is 0 Å². The number of hydrogen-bond donors (Lipinski definition) is 0. The summed E-state index contributed by atoms with van der Waals surface area (Å²) >= 11 is 0. The Balaban J connectivity index is 1.51. The smallest absolute Gasteiger partial charge is 0.410 e. The van der Waals surface area contributed by atoms with Gasteiger partial charge in [-0.1, -0.05) is 54.6 Å². The maximum Gasteiger partial charge on any atom is 0.410 e. The second kappa shape index (κ2) is 10.3. The molecule has 37 heavy (non-hydrogen) atoms. The highest BCUT2D eigenvalue weighted by Gasteiger charge is 2.59. The predicted molar refractivity (Wildman–Crippen MR) is 151 cm³/mol. The van der Waals surface area contributed by atoms with Crippen LogP contribution < -0.4 is 15.9 Å². The van der Waals surface area contributed by atoms with Crippen LogP contribution in [0.25, 0.3) is 0 Å². The first kappa shape index (κ1) is 25.5. The van der Waals surface area contributed by atoms with Crippen LogP contribution in [0.3, 0.4) is 0 Å². The van der Waals surface area contributed by atoms with E-state index in [9.17, 15) is 9.59 Å². The summed E-state index contributed by atoms with van der Waals surface area (Å²) in [6, 6.07) is 31.9.